The molecule has 0 N–H and O–H groups in total. The van der Waals surface area contributed by atoms with Crippen LogP contribution in [0, 0.1) is 30.0 Å². The molecule has 0 saturated carbocycles. The molecular weight excluding hydrogens is 447 g/mol. The molecule has 188 valence electrons. The maximum Gasteiger partial charge on any atom is 0.242 e. The van der Waals surface area contributed by atoms with Crippen molar-refractivity contribution >= 4 is 23.2 Å². The summed E-state index contributed by atoms with van der Waals surface area (Å²) in [5.74, 6) is 0.164. The van der Waals surface area contributed by atoms with Crippen LogP contribution in [0.4, 0.5) is 4.39 Å². The van der Waals surface area contributed by atoms with E-state index in [1.54, 1.807) is 33.3 Å². The summed E-state index contributed by atoms with van der Waals surface area (Å²) in [5, 5.41) is 2.02. The molecule has 0 saturated heterocycles. The molecule has 0 fully saturated rings. The number of hydrogen-bond donors (Lipinski definition) is 0. The lowest BCUT2D eigenvalue weighted by molar-refractivity contribution is -0.142. The summed E-state index contributed by atoms with van der Waals surface area (Å²) < 4.78 is 13.4. The van der Waals surface area contributed by atoms with Crippen molar-refractivity contribution < 1.29 is 14.0 Å². The van der Waals surface area contributed by atoms with E-state index >= 15 is 0 Å². The molecule has 2 rings (SSSR count). The van der Waals surface area contributed by atoms with Gasteiger partial charge in [-0.15, -0.1) is 11.3 Å². The number of rotatable bonds is 11. The van der Waals surface area contributed by atoms with Crippen molar-refractivity contribution in [2.45, 2.75) is 74.4 Å². The number of carbonyl (C=O) groups is 2. The Morgan fingerprint density at radius 1 is 0.971 bits per heavy atom. The molecule has 0 aliphatic carbocycles. The number of aryl methyl sites for hydroxylation is 1. The van der Waals surface area contributed by atoms with Gasteiger partial charge < -0.3 is 9.80 Å². The van der Waals surface area contributed by atoms with E-state index in [-0.39, 0.29) is 41.4 Å². The average molecular weight is 489 g/mol. The molecule has 0 bridgehead atoms. The van der Waals surface area contributed by atoms with E-state index in [9.17, 15) is 14.0 Å². The van der Waals surface area contributed by atoms with E-state index in [0.29, 0.717) is 26.1 Å². The second-order valence-corrected chi connectivity index (χ2v) is 12.1. The van der Waals surface area contributed by atoms with Gasteiger partial charge in [0.1, 0.15) is 5.82 Å². The summed E-state index contributed by atoms with van der Waals surface area (Å²) >= 11 is 1.62. The first kappa shape index (κ1) is 28.0. The van der Waals surface area contributed by atoms with Crippen LogP contribution in [-0.4, -0.2) is 34.7 Å². The third kappa shape index (κ3) is 9.57. The Kier molecular flexibility index (Phi) is 10.3. The Balaban J connectivity index is 2.18. The lowest BCUT2D eigenvalue weighted by Crippen LogP contribution is -2.44. The zero-order valence-electron chi connectivity index (χ0n) is 21.9. The molecule has 0 spiro atoms. The first-order valence-corrected chi connectivity index (χ1v) is 13.0. The van der Waals surface area contributed by atoms with Gasteiger partial charge in [0.2, 0.25) is 11.8 Å². The van der Waals surface area contributed by atoms with Gasteiger partial charge in [0.15, 0.2) is 0 Å². The SMILES string of the molecule is Cc1ccsc1CN(Cc1ccc(F)cc1)C(=O)CN(CC(C)C)C(=O)CC(C)CC(C)(C)C. The highest BCUT2D eigenvalue weighted by Crippen LogP contribution is 2.26. The van der Waals surface area contributed by atoms with Gasteiger partial charge in [-0.25, -0.2) is 4.39 Å². The lowest BCUT2D eigenvalue weighted by atomic mass is 9.84. The summed E-state index contributed by atoms with van der Waals surface area (Å²) in [6.07, 6.45) is 1.40. The van der Waals surface area contributed by atoms with Crippen LogP contribution in [0.3, 0.4) is 0 Å². The second-order valence-electron chi connectivity index (χ2n) is 11.1. The number of benzene rings is 1. The molecule has 1 heterocycles. The van der Waals surface area contributed by atoms with Crippen molar-refractivity contribution in [2.75, 3.05) is 13.1 Å². The maximum absolute atomic E-state index is 13.5. The maximum atomic E-state index is 13.5. The molecule has 4 nitrogen and oxygen atoms in total. The average Bonchev–Trinajstić information content (AvgIpc) is 3.11. The zero-order chi connectivity index (χ0) is 25.5. The Bertz CT molecular complexity index is 931. The summed E-state index contributed by atoms with van der Waals surface area (Å²) in [6.45, 7) is 16.3. The van der Waals surface area contributed by atoms with Gasteiger partial charge in [-0.1, -0.05) is 53.7 Å². The molecular formula is C28H41FN2O2S. The van der Waals surface area contributed by atoms with Crippen LogP contribution >= 0.6 is 11.3 Å². The predicted octanol–water partition coefficient (Wildman–Crippen LogP) is 6.67. The fourth-order valence-electron chi connectivity index (χ4n) is 4.29. The standard InChI is InChI=1S/C28H41FN2O2S/c1-20(2)16-30(26(32)14-21(3)15-28(5,6)7)19-27(33)31(18-25-22(4)12-13-34-25)17-23-8-10-24(29)11-9-23/h8-13,20-21H,14-19H2,1-7H3. The van der Waals surface area contributed by atoms with E-state index in [1.165, 1.54) is 12.1 Å². The minimum absolute atomic E-state index is 0.0350. The third-order valence-electron chi connectivity index (χ3n) is 5.69. The summed E-state index contributed by atoms with van der Waals surface area (Å²) in [5.41, 5.74) is 2.17. The van der Waals surface area contributed by atoms with Crippen molar-refractivity contribution in [3.05, 3.63) is 57.5 Å². The van der Waals surface area contributed by atoms with Crippen LogP contribution in [0.1, 0.15) is 70.4 Å². The topological polar surface area (TPSA) is 40.6 Å². The van der Waals surface area contributed by atoms with E-state index in [0.717, 1.165) is 22.4 Å². The van der Waals surface area contributed by atoms with Gasteiger partial charge in [0.25, 0.3) is 0 Å². The normalized spacial score (nSPS) is 12.6. The molecule has 6 heteroatoms. The highest BCUT2D eigenvalue weighted by Gasteiger charge is 2.25. The van der Waals surface area contributed by atoms with Crippen molar-refractivity contribution in [1.29, 1.82) is 0 Å². The number of nitrogens with zero attached hydrogens (tertiary/aromatic N) is 2. The fourth-order valence-corrected chi connectivity index (χ4v) is 5.21. The van der Waals surface area contributed by atoms with E-state index in [2.05, 4.69) is 41.5 Å². The number of halogens is 1. The van der Waals surface area contributed by atoms with Gasteiger partial charge in [-0.2, -0.15) is 0 Å². The summed E-state index contributed by atoms with van der Waals surface area (Å²) in [7, 11) is 0. The minimum Gasteiger partial charge on any atom is -0.333 e. The van der Waals surface area contributed by atoms with Crippen LogP contribution in [-0.2, 0) is 22.7 Å². The predicted molar refractivity (Wildman–Crippen MR) is 139 cm³/mol. The van der Waals surface area contributed by atoms with Crippen LogP contribution in [0.15, 0.2) is 35.7 Å². The van der Waals surface area contributed by atoms with Crippen LogP contribution in [0.5, 0.6) is 0 Å². The van der Waals surface area contributed by atoms with E-state index < -0.39 is 0 Å². The number of carbonyl (C=O) groups excluding carboxylic acids is 2. The molecule has 0 aliphatic heterocycles. The van der Waals surface area contributed by atoms with E-state index in [1.807, 2.05) is 18.4 Å². The van der Waals surface area contributed by atoms with E-state index in [4.69, 9.17) is 0 Å². The lowest BCUT2D eigenvalue weighted by Gasteiger charge is -2.30. The molecule has 1 unspecified atom stereocenters. The highest BCUT2D eigenvalue weighted by atomic mass is 32.1. The largest absolute Gasteiger partial charge is 0.333 e. The Morgan fingerprint density at radius 3 is 2.15 bits per heavy atom. The van der Waals surface area contributed by atoms with Crippen molar-refractivity contribution in [2.24, 2.45) is 17.3 Å². The first-order chi connectivity index (χ1) is 15.8. The highest BCUT2D eigenvalue weighted by molar-refractivity contribution is 7.10. The molecule has 2 amide bonds. The fraction of sp³-hybridized carbons (Fsp3) is 0.571. The quantitative estimate of drug-likeness (QED) is 0.354. The van der Waals surface area contributed by atoms with Crippen LogP contribution < -0.4 is 0 Å². The smallest absolute Gasteiger partial charge is 0.242 e. The van der Waals surface area contributed by atoms with Crippen molar-refractivity contribution in [3.63, 3.8) is 0 Å². The zero-order valence-corrected chi connectivity index (χ0v) is 22.7. The van der Waals surface area contributed by atoms with Gasteiger partial charge in [0, 0.05) is 24.4 Å². The number of hydrogen-bond acceptors (Lipinski definition) is 3. The van der Waals surface area contributed by atoms with Gasteiger partial charge in [-0.05, 0) is 65.3 Å². The molecule has 2 aromatic rings. The Morgan fingerprint density at radius 2 is 1.62 bits per heavy atom. The van der Waals surface area contributed by atoms with Crippen molar-refractivity contribution in [3.8, 4) is 0 Å². The summed E-state index contributed by atoms with van der Waals surface area (Å²) in [6, 6.07) is 8.30. The molecule has 1 aromatic carbocycles. The van der Waals surface area contributed by atoms with Crippen LogP contribution in [0.2, 0.25) is 0 Å². The monoisotopic (exact) mass is 488 g/mol. The number of amides is 2. The minimum atomic E-state index is -0.297. The summed E-state index contributed by atoms with van der Waals surface area (Å²) in [4.78, 5) is 31.4. The van der Waals surface area contributed by atoms with Gasteiger partial charge in [0.05, 0.1) is 13.1 Å². The molecule has 34 heavy (non-hydrogen) atoms. The molecule has 0 radical (unpaired) electrons. The number of thiophene rings is 1. The first-order valence-electron chi connectivity index (χ1n) is 12.2. The van der Waals surface area contributed by atoms with Gasteiger partial charge >= 0.3 is 0 Å². The molecule has 0 aliphatic rings. The second kappa shape index (κ2) is 12.5. The molecule has 1 aromatic heterocycles. The van der Waals surface area contributed by atoms with Crippen LogP contribution in [0.25, 0.3) is 0 Å². The molecule has 1 atom stereocenters. The van der Waals surface area contributed by atoms with Gasteiger partial charge in [-0.3, -0.25) is 9.59 Å². The Hall–Kier alpha value is -2.21. The Labute approximate surface area is 209 Å². The van der Waals surface area contributed by atoms with Crippen molar-refractivity contribution in [1.82, 2.24) is 9.80 Å². The third-order valence-corrected chi connectivity index (χ3v) is 6.70.